The van der Waals surface area contributed by atoms with E-state index >= 15 is 0 Å². The molecule has 0 aliphatic carbocycles. The Morgan fingerprint density at radius 3 is 2.00 bits per heavy atom. The largest absolute Gasteiger partial charge is 0.507 e. The number of hydrogen-bond donors (Lipinski definition) is 1. The highest BCUT2D eigenvalue weighted by Gasteiger charge is 2.27. The zero-order chi connectivity index (χ0) is 35.2. The number of phenols is 1. The van der Waals surface area contributed by atoms with E-state index in [1.54, 1.807) is 11.3 Å². The Bertz CT molecular complexity index is 2310. The highest BCUT2D eigenvalue weighted by atomic mass is 32.1. The van der Waals surface area contributed by atoms with Gasteiger partial charge in [-0.1, -0.05) is 133 Å². The Hall–Kier alpha value is -5.06. The highest BCUT2D eigenvalue weighted by Crippen LogP contribution is 2.45. The number of benzene rings is 5. The van der Waals surface area contributed by atoms with Crippen LogP contribution in [0.15, 0.2) is 128 Å². The average Bonchev–Trinajstić information content (AvgIpc) is 3.55. The molecule has 0 bridgehead atoms. The topological polar surface area (TPSA) is 46.0 Å². The second kappa shape index (κ2) is 13.0. The van der Waals surface area contributed by atoms with Crippen molar-refractivity contribution in [3.63, 3.8) is 0 Å². The summed E-state index contributed by atoms with van der Waals surface area (Å²) in [6, 6.07) is 43.0. The van der Waals surface area contributed by atoms with E-state index in [0.717, 1.165) is 54.3 Å². The van der Waals surface area contributed by atoms with Gasteiger partial charge in [0.1, 0.15) is 10.8 Å². The fraction of sp³-hybridized carbons (Fsp3) is 0.217. The monoisotopic (exact) mass is 672 g/mol. The van der Waals surface area contributed by atoms with E-state index in [2.05, 4.69) is 164 Å². The summed E-state index contributed by atoms with van der Waals surface area (Å²) in [5, 5.41) is 12.5. The van der Waals surface area contributed by atoms with E-state index in [1.165, 1.54) is 22.3 Å². The van der Waals surface area contributed by atoms with Crippen molar-refractivity contribution in [1.82, 2.24) is 9.97 Å². The molecule has 7 aromatic rings. The lowest BCUT2D eigenvalue weighted by Gasteiger charge is -2.27. The first kappa shape index (κ1) is 33.4. The molecule has 1 unspecified atom stereocenters. The molecule has 3 nitrogen and oxygen atoms in total. The number of para-hydroxylation sites is 1. The number of aromatic nitrogens is 2. The summed E-state index contributed by atoms with van der Waals surface area (Å²) in [6.45, 7) is 15.4. The number of thiazole rings is 1. The van der Waals surface area contributed by atoms with Crippen LogP contribution >= 0.6 is 11.3 Å². The summed E-state index contributed by atoms with van der Waals surface area (Å²) < 4.78 is 1.09. The number of aromatic hydroxyl groups is 1. The van der Waals surface area contributed by atoms with Gasteiger partial charge in [-0.05, 0) is 80.6 Å². The van der Waals surface area contributed by atoms with E-state index in [9.17, 15) is 5.11 Å². The lowest BCUT2D eigenvalue weighted by Crippen LogP contribution is -2.17. The van der Waals surface area contributed by atoms with E-state index in [1.807, 2.05) is 12.3 Å². The van der Waals surface area contributed by atoms with Crippen LogP contribution in [-0.4, -0.2) is 15.1 Å². The van der Waals surface area contributed by atoms with Crippen LogP contribution in [0.2, 0.25) is 0 Å². The van der Waals surface area contributed by atoms with Crippen LogP contribution in [0.5, 0.6) is 5.75 Å². The smallest absolute Gasteiger partial charge is 0.129 e. The first-order chi connectivity index (χ1) is 23.9. The maximum absolute atomic E-state index is 11.7. The molecule has 0 saturated carbocycles. The molecular weight excluding hydrogens is 629 g/mol. The number of fused-ring (bicyclic) bond motifs is 1. The van der Waals surface area contributed by atoms with Gasteiger partial charge < -0.3 is 5.11 Å². The van der Waals surface area contributed by atoms with Crippen LogP contribution in [0.1, 0.15) is 76.6 Å². The number of rotatable bonds is 6. The minimum absolute atomic E-state index is 0.0809. The summed E-state index contributed by atoms with van der Waals surface area (Å²) in [5.41, 5.74) is 12.5. The third kappa shape index (κ3) is 6.60. The molecule has 1 N–H and O–H groups in total. The number of hydrogen-bond acceptors (Lipinski definition) is 4. The van der Waals surface area contributed by atoms with Crippen molar-refractivity contribution in [1.29, 1.82) is 0 Å². The van der Waals surface area contributed by atoms with Gasteiger partial charge >= 0.3 is 0 Å². The summed E-state index contributed by atoms with van der Waals surface area (Å²) >= 11 is 1.64. The molecule has 0 fully saturated rings. The number of phenolic OH excluding ortho intramolecular Hbond substituents is 1. The highest BCUT2D eigenvalue weighted by molar-refractivity contribution is 7.21. The molecule has 5 aromatic carbocycles. The van der Waals surface area contributed by atoms with Gasteiger partial charge in [0.05, 0.1) is 21.5 Å². The van der Waals surface area contributed by atoms with Crippen molar-refractivity contribution < 1.29 is 5.11 Å². The minimum Gasteiger partial charge on any atom is -0.507 e. The molecule has 50 heavy (non-hydrogen) atoms. The van der Waals surface area contributed by atoms with E-state index in [-0.39, 0.29) is 16.7 Å². The van der Waals surface area contributed by atoms with Crippen LogP contribution in [0, 0.1) is 0 Å². The molecule has 4 heteroatoms. The molecule has 0 saturated heterocycles. The SMILES string of the molecule is CC(c1ccccc1)c1cc(-c2cc(-c3ccccc3)ccn2)cc(-c2cccc3sc(-c4cc(C(C)(C)C)cc(C(C)(C)C)c4O)nc23)c1. The molecule has 0 aliphatic heterocycles. The first-order valence-corrected chi connectivity index (χ1v) is 18.2. The fourth-order valence-electron chi connectivity index (χ4n) is 6.64. The Labute approximate surface area is 300 Å². The van der Waals surface area contributed by atoms with Crippen molar-refractivity contribution in [2.75, 3.05) is 0 Å². The van der Waals surface area contributed by atoms with Crippen LogP contribution < -0.4 is 0 Å². The summed E-state index contributed by atoms with van der Waals surface area (Å²) in [7, 11) is 0. The predicted molar refractivity (Wildman–Crippen MR) is 212 cm³/mol. The number of nitrogens with zero attached hydrogens (tertiary/aromatic N) is 2. The molecule has 2 aromatic heterocycles. The number of pyridine rings is 1. The zero-order valence-electron chi connectivity index (χ0n) is 30.0. The minimum atomic E-state index is -0.222. The van der Waals surface area contributed by atoms with E-state index in [4.69, 9.17) is 9.97 Å². The van der Waals surface area contributed by atoms with Gasteiger partial charge in [-0.15, -0.1) is 11.3 Å². The molecule has 0 radical (unpaired) electrons. The molecule has 2 heterocycles. The van der Waals surface area contributed by atoms with Gasteiger partial charge in [0.15, 0.2) is 0 Å². The predicted octanol–water partition coefficient (Wildman–Crippen LogP) is 12.8. The standard InChI is InChI=1S/C46H44N2OS/c1-29(30-15-10-8-11-16-30)33-23-34(25-35(24-33)40-26-32(21-22-47-40)31-17-12-9-13-18-31)37-19-14-20-41-42(37)48-44(50-41)38-27-36(45(2,3)4)28-39(43(38)49)46(5,6)7/h8-29,49H,1-7H3. The van der Waals surface area contributed by atoms with Crippen molar-refractivity contribution >= 4 is 21.6 Å². The summed E-state index contributed by atoms with van der Waals surface area (Å²) in [6.07, 6.45) is 1.90. The van der Waals surface area contributed by atoms with Gasteiger partial charge in [0.25, 0.3) is 0 Å². The first-order valence-electron chi connectivity index (χ1n) is 17.4. The molecule has 0 amide bonds. The Kier molecular flexibility index (Phi) is 8.69. The molecule has 1 atom stereocenters. The second-order valence-electron chi connectivity index (χ2n) is 15.4. The van der Waals surface area contributed by atoms with Gasteiger partial charge in [-0.3, -0.25) is 4.98 Å². The van der Waals surface area contributed by atoms with Crippen molar-refractivity contribution in [2.24, 2.45) is 0 Å². The van der Waals surface area contributed by atoms with Crippen LogP contribution in [-0.2, 0) is 10.8 Å². The molecule has 7 rings (SSSR count). The van der Waals surface area contributed by atoms with Crippen molar-refractivity contribution in [3.8, 4) is 49.8 Å². The second-order valence-corrected chi connectivity index (χ2v) is 16.4. The maximum atomic E-state index is 11.7. The van der Waals surface area contributed by atoms with Gasteiger partial charge in [-0.2, -0.15) is 0 Å². The molecule has 0 aliphatic rings. The third-order valence-electron chi connectivity index (χ3n) is 9.66. The third-order valence-corrected chi connectivity index (χ3v) is 10.7. The van der Waals surface area contributed by atoms with Gasteiger partial charge in [0, 0.05) is 28.8 Å². The van der Waals surface area contributed by atoms with Crippen LogP contribution in [0.4, 0.5) is 0 Å². The van der Waals surface area contributed by atoms with Gasteiger partial charge in [0.2, 0.25) is 0 Å². The molecule has 250 valence electrons. The lowest BCUT2D eigenvalue weighted by molar-refractivity contribution is 0.446. The quantitative estimate of drug-likeness (QED) is 0.191. The van der Waals surface area contributed by atoms with E-state index in [0.29, 0.717) is 5.75 Å². The summed E-state index contributed by atoms with van der Waals surface area (Å²) in [4.78, 5) is 10.2. The molecular formula is C46H44N2OS. The Morgan fingerprint density at radius 2 is 1.30 bits per heavy atom. The Balaban J connectivity index is 1.41. The molecule has 0 spiro atoms. The average molecular weight is 673 g/mol. The Morgan fingerprint density at radius 1 is 0.600 bits per heavy atom. The zero-order valence-corrected chi connectivity index (χ0v) is 30.8. The van der Waals surface area contributed by atoms with Crippen LogP contribution in [0.3, 0.4) is 0 Å². The van der Waals surface area contributed by atoms with Crippen LogP contribution in [0.25, 0.3) is 54.3 Å². The van der Waals surface area contributed by atoms with Crippen molar-refractivity contribution in [3.05, 3.63) is 150 Å². The maximum Gasteiger partial charge on any atom is 0.129 e. The summed E-state index contributed by atoms with van der Waals surface area (Å²) in [5.74, 6) is 0.488. The fourth-order valence-corrected chi connectivity index (χ4v) is 7.65. The normalized spacial score (nSPS) is 12.7. The van der Waals surface area contributed by atoms with Gasteiger partial charge in [-0.25, -0.2) is 4.98 Å². The van der Waals surface area contributed by atoms with Crippen molar-refractivity contribution in [2.45, 2.75) is 65.2 Å². The lowest BCUT2D eigenvalue weighted by atomic mass is 9.79. The van der Waals surface area contributed by atoms with E-state index < -0.39 is 0 Å².